The molecule has 3 aromatic carbocycles. The van der Waals surface area contributed by atoms with E-state index in [1.54, 1.807) is 85.2 Å². The Morgan fingerprint density at radius 1 is 0.950 bits per heavy atom. The average Bonchev–Trinajstić information content (AvgIpc) is 3.43. The number of rotatable bonds is 4. The SMILES string of the molecule is COc1cccc(C(=O)[C@@H]2[C@@H](c3cccnc3)C3(C(=O)c4ccccc4C3=O)[C@@H]3C=Cc4cc(F)ccc4N23)c1. The van der Waals surface area contributed by atoms with Gasteiger partial charge in [0.1, 0.15) is 23.0 Å². The van der Waals surface area contributed by atoms with Gasteiger partial charge in [-0.2, -0.15) is 0 Å². The van der Waals surface area contributed by atoms with E-state index in [1.807, 2.05) is 11.0 Å². The minimum atomic E-state index is -1.63. The van der Waals surface area contributed by atoms with E-state index in [0.717, 1.165) is 0 Å². The smallest absolute Gasteiger partial charge is 0.186 e. The van der Waals surface area contributed by atoms with Crippen molar-refractivity contribution < 1.29 is 23.5 Å². The van der Waals surface area contributed by atoms with E-state index >= 15 is 0 Å². The molecule has 0 saturated carbocycles. The van der Waals surface area contributed by atoms with Crippen molar-refractivity contribution in [3.8, 4) is 5.75 Å². The van der Waals surface area contributed by atoms with E-state index in [2.05, 4.69) is 4.98 Å². The van der Waals surface area contributed by atoms with Crippen LogP contribution in [0.3, 0.4) is 0 Å². The first-order valence-corrected chi connectivity index (χ1v) is 13.0. The van der Waals surface area contributed by atoms with Crippen LogP contribution in [-0.4, -0.2) is 41.5 Å². The molecular weight excluding hydrogens is 507 g/mol. The normalized spacial score (nSPS) is 21.8. The number of pyridine rings is 1. The molecule has 0 bridgehead atoms. The van der Waals surface area contributed by atoms with Gasteiger partial charge in [-0.15, -0.1) is 0 Å². The number of carbonyl (C=O) groups is 3. The molecule has 0 N–H and O–H groups in total. The number of halogens is 1. The average molecular weight is 531 g/mol. The number of ketones is 3. The number of hydrogen-bond donors (Lipinski definition) is 0. The van der Waals surface area contributed by atoms with Crippen molar-refractivity contribution in [3.05, 3.63) is 131 Å². The molecule has 1 spiro atoms. The molecular formula is C33H23FN2O4. The third-order valence-corrected chi connectivity index (χ3v) is 8.43. The number of nitrogens with zero attached hydrogens (tertiary/aromatic N) is 2. The maximum Gasteiger partial charge on any atom is 0.186 e. The van der Waals surface area contributed by atoms with Crippen LogP contribution in [0.5, 0.6) is 5.75 Å². The lowest BCUT2D eigenvalue weighted by Crippen LogP contribution is -2.48. The zero-order valence-electron chi connectivity index (χ0n) is 21.5. The molecule has 1 aliphatic carbocycles. The molecule has 1 aromatic heterocycles. The zero-order chi connectivity index (χ0) is 27.6. The number of aromatic nitrogens is 1. The quantitative estimate of drug-likeness (QED) is 0.255. The zero-order valence-corrected chi connectivity index (χ0v) is 21.5. The first-order chi connectivity index (χ1) is 19.5. The summed E-state index contributed by atoms with van der Waals surface area (Å²) < 4.78 is 19.7. The molecule has 4 aromatic rings. The predicted octanol–water partition coefficient (Wildman–Crippen LogP) is 5.55. The van der Waals surface area contributed by atoms with Gasteiger partial charge in [0.15, 0.2) is 17.3 Å². The standard InChI is InChI=1S/C33H23FN2O4/c1-40-23-8-4-6-20(17-23)30(37)29-28(21-7-5-15-35-18-21)33(31(38)24-9-2-3-10-25(24)32(33)39)27-14-11-19-16-22(34)12-13-26(19)36(27)29/h2-18,27-29H,1H3/t27-,28+,29-/m0/s1. The fraction of sp³-hybridized carbons (Fsp3) is 0.152. The topological polar surface area (TPSA) is 76.6 Å². The van der Waals surface area contributed by atoms with Gasteiger partial charge < -0.3 is 9.64 Å². The van der Waals surface area contributed by atoms with Crippen molar-refractivity contribution in [2.75, 3.05) is 12.0 Å². The summed E-state index contributed by atoms with van der Waals surface area (Å²) in [6, 6.07) is 19.8. The Labute approximate surface area is 229 Å². The number of hydrogen-bond acceptors (Lipinski definition) is 6. The Balaban J connectivity index is 1.54. The van der Waals surface area contributed by atoms with E-state index in [-0.39, 0.29) is 17.3 Å². The first kappa shape index (κ1) is 24.2. The van der Waals surface area contributed by atoms with Crippen LogP contribution in [-0.2, 0) is 0 Å². The molecule has 40 heavy (non-hydrogen) atoms. The summed E-state index contributed by atoms with van der Waals surface area (Å²) >= 11 is 0. The molecule has 0 unspecified atom stereocenters. The third-order valence-electron chi connectivity index (χ3n) is 8.43. The van der Waals surface area contributed by atoms with Crippen LogP contribution in [0, 0.1) is 11.2 Å². The Hall–Kier alpha value is -4.91. The third kappa shape index (κ3) is 3.14. The lowest BCUT2D eigenvalue weighted by molar-refractivity contribution is 0.0665. The van der Waals surface area contributed by atoms with Gasteiger partial charge in [0.05, 0.1) is 13.2 Å². The van der Waals surface area contributed by atoms with E-state index in [4.69, 9.17) is 4.74 Å². The lowest BCUT2D eigenvalue weighted by atomic mass is 9.64. The van der Waals surface area contributed by atoms with E-state index in [0.29, 0.717) is 39.3 Å². The van der Waals surface area contributed by atoms with Gasteiger partial charge in [-0.1, -0.05) is 54.6 Å². The van der Waals surface area contributed by atoms with Crippen LogP contribution in [0.25, 0.3) is 6.08 Å². The van der Waals surface area contributed by atoms with Gasteiger partial charge in [0, 0.05) is 46.3 Å². The second-order valence-electron chi connectivity index (χ2n) is 10.3. The number of benzene rings is 3. The van der Waals surface area contributed by atoms with Crippen LogP contribution >= 0.6 is 0 Å². The number of carbonyl (C=O) groups excluding carboxylic acids is 3. The largest absolute Gasteiger partial charge is 0.497 e. The highest BCUT2D eigenvalue weighted by molar-refractivity contribution is 6.32. The fourth-order valence-corrected chi connectivity index (χ4v) is 6.83. The fourth-order valence-electron chi connectivity index (χ4n) is 6.83. The van der Waals surface area contributed by atoms with E-state index < -0.39 is 29.2 Å². The summed E-state index contributed by atoms with van der Waals surface area (Å²) in [4.78, 5) is 49.9. The highest BCUT2D eigenvalue weighted by Crippen LogP contribution is 2.60. The number of Topliss-reactive ketones (excluding diaryl/α,β-unsaturated/α-hetero) is 3. The van der Waals surface area contributed by atoms with Gasteiger partial charge in [0.25, 0.3) is 0 Å². The molecule has 2 aliphatic heterocycles. The second-order valence-corrected chi connectivity index (χ2v) is 10.3. The number of fused-ring (bicyclic) bond motifs is 5. The predicted molar refractivity (Wildman–Crippen MR) is 147 cm³/mol. The molecule has 7 heteroatoms. The van der Waals surface area contributed by atoms with Crippen LogP contribution in [0.4, 0.5) is 10.1 Å². The van der Waals surface area contributed by atoms with Crippen LogP contribution < -0.4 is 9.64 Å². The maximum atomic E-state index is 14.6. The molecule has 1 saturated heterocycles. The Bertz CT molecular complexity index is 1710. The van der Waals surface area contributed by atoms with Crippen molar-refractivity contribution in [1.82, 2.24) is 4.98 Å². The van der Waals surface area contributed by atoms with E-state index in [9.17, 15) is 18.8 Å². The van der Waals surface area contributed by atoms with Gasteiger partial charge in [-0.3, -0.25) is 19.4 Å². The number of ether oxygens (including phenoxy) is 1. The molecule has 0 radical (unpaired) electrons. The van der Waals surface area contributed by atoms with Crippen molar-refractivity contribution >= 4 is 29.1 Å². The summed E-state index contributed by atoms with van der Waals surface area (Å²) in [5.74, 6) is -1.72. The number of methoxy groups -OCH3 is 1. The van der Waals surface area contributed by atoms with Crippen molar-refractivity contribution in [1.29, 1.82) is 0 Å². The summed E-state index contributed by atoms with van der Waals surface area (Å²) in [5, 5.41) is 0. The summed E-state index contributed by atoms with van der Waals surface area (Å²) in [6.45, 7) is 0. The highest BCUT2D eigenvalue weighted by Gasteiger charge is 2.71. The van der Waals surface area contributed by atoms with Crippen LogP contribution in [0.2, 0.25) is 0 Å². The maximum absolute atomic E-state index is 14.6. The number of anilines is 1. The van der Waals surface area contributed by atoms with Gasteiger partial charge in [0.2, 0.25) is 0 Å². The minimum Gasteiger partial charge on any atom is -0.497 e. The molecule has 0 amide bonds. The minimum absolute atomic E-state index is 0.281. The summed E-state index contributed by atoms with van der Waals surface area (Å²) in [5.41, 5.74) is 1.18. The Morgan fingerprint density at radius 3 is 2.42 bits per heavy atom. The van der Waals surface area contributed by atoms with Crippen molar-refractivity contribution in [2.24, 2.45) is 5.41 Å². The van der Waals surface area contributed by atoms with E-state index in [1.165, 1.54) is 19.2 Å². The van der Waals surface area contributed by atoms with Crippen molar-refractivity contribution in [3.63, 3.8) is 0 Å². The second kappa shape index (κ2) is 8.81. The molecule has 3 heterocycles. The van der Waals surface area contributed by atoms with Crippen molar-refractivity contribution in [2.45, 2.75) is 18.0 Å². The monoisotopic (exact) mass is 530 g/mol. The highest BCUT2D eigenvalue weighted by atomic mass is 19.1. The first-order valence-electron chi connectivity index (χ1n) is 13.0. The Kier molecular flexibility index (Phi) is 5.32. The molecule has 1 fully saturated rings. The molecule has 196 valence electrons. The summed E-state index contributed by atoms with van der Waals surface area (Å²) in [7, 11) is 1.52. The lowest BCUT2D eigenvalue weighted by Gasteiger charge is -2.37. The molecule has 3 atom stereocenters. The van der Waals surface area contributed by atoms with Gasteiger partial charge in [-0.25, -0.2) is 4.39 Å². The Morgan fingerprint density at radius 2 is 1.73 bits per heavy atom. The molecule has 3 aliphatic rings. The molecule has 6 nitrogen and oxygen atoms in total. The van der Waals surface area contributed by atoms with Crippen LogP contribution in [0.15, 0.2) is 97.3 Å². The van der Waals surface area contributed by atoms with Crippen LogP contribution in [0.1, 0.15) is 48.1 Å². The molecule has 7 rings (SSSR count). The summed E-state index contributed by atoms with van der Waals surface area (Å²) in [6.07, 6.45) is 6.74. The van der Waals surface area contributed by atoms with Gasteiger partial charge >= 0.3 is 0 Å². The van der Waals surface area contributed by atoms with Gasteiger partial charge in [-0.05, 0) is 42.0 Å².